The summed E-state index contributed by atoms with van der Waals surface area (Å²) in [6.45, 7) is 3.78. The lowest BCUT2D eigenvalue weighted by Crippen LogP contribution is -2.44. The number of urea groups is 1. The van der Waals surface area contributed by atoms with Crippen molar-refractivity contribution in [2.45, 2.75) is 19.3 Å². The van der Waals surface area contributed by atoms with E-state index >= 15 is 0 Å². The third-order valence-corrected chi connectivity index (χ3v) is 5.41. The Hall–Kier alpha value is -1.95. The van der Waals surface area contributed by atoms with Gasteiger partial charge in [-0.05, 0) is 56.9 Å². The van der Waals surface area contributed by atoms with Crippen LogP contribution in [-0.2, 0) is 6.42 Å². The number of ether oxygens (including phenoxy) is 2. The van der Waals surface area contributed by atoms with Gasteiger partial charge >= 0.3 is 6.03 Å². The van der Waals surface area contributed by atoms with Gasteiger partial charge < -0.3 is 19.3 Å². The third-order valence-electron chi connectivity index (χ3n) is 5.41. The second kappa shape index (κ2) is 7.52. The summed E-state index contributed by atoms with van der Waals surface area (Å²) in [6.07, 6.45) is 3.18. The summed E-state index contributed by atoms with van der Waals surface area (Å²) < 4.78 is 10.8. The number of hydrogen-bond donors (Lipinski definition) is 0. The zero-order chi connectivity index (χ0) is 18.0. The van der Waals surface area contributed by atoms with Gasteiger partial charge in [-0.3, -0.25) is 4.90 Å². The average molecular weight is 347 g/mol. The van der Waals surface area contributed by atoms with Crippen LogP contribution in [0.2, 0.25) is 0 Å². The van der Waals surface area contributed by atoms with Crippen LogP contribution < -0.4 is 14.4 Å². The van der Waals surface area contributed by atoms with E-state index in [4.69, 9.17) is 9.47 Å². The highest BCUT2D eigenvalue weighted by Gasteiger charge is 2.30. The van der Waals surface area contributed by atoms with Crippen molar-refractivity contribution in [3.8, 4) is 11.5 Å². The summed E-state index contributed by atoms with van der Waals surface area (Å²) in [7, 11) is 7.34. The van der Waals surface area contributed by atoms with Crippen molar-refractivity contribution in [3.63, 3.8) is 0 Å². The first-order valence-corrected chi connectivity index (χ1v) is 8.99. The number of carbonyl (C=O) groups is 1. The number of carbonyl (C=O) groups excluding carboxylic acids is 1. The molecule has 2 aliphatic rings. The first-order chi connectivity index (χ1) is 12.0. The van der Waals surface area contributed by atoms with Gasteiger partial charge in [0, 0.05) is 26.2 Å². The van der Waals surface area contributed by atoms with Gasteiger partial charge in [0.05, 0.1) is 19.9 Å². The van der Waals surface area contributed by atoms with Gasteiger partial charge in [0.25, 0.3) is 0 Å². The van der Waals surface area contributed by atoms with Crippen LogP contribution in [0.15, 0.2) is 12.1 Å². The molecule has 138 valence electrons. The summed E-state index contributed by atoms with van der Waals surface area (Å²) in [5.74, 6) is 1.98. The molecule has 1 saturated heterocycles. The van der Waals surface area contributed by atoms with Gasteiger partial charge in [-0.1, -0.05) is 0 Å². The van der Waals surface area contributed by atoms with Gasteiger partial charge in [0.2, 0.25) is 0 Å². The second-order valence-electron chi connectivity index (χ2n) is 7.15. The van der Waals surface area contributed by atoms with Crippen LogP contribution in [0.3, 0.4) is 0 Å². The monoisotopic (exact) mass is 347 g/mol. The molecule has 0 unspecified atom stereocenters. The molecule has 2 aliphatic heterocycles. The predicted octanol–water partition coefficient (Wildman–Crippen LogP) is 2.46. The summed E-state index contributed by atoms with van der Waals surface area (Å²) >= 11 is 0. The lowest BCUT2D eigenvalue weighted by Gasteiger charge is -2.33. The average Bonchev–Trinajstić information content (AvgIpc) is 3.04. The van der Waals surface area contributed by atoms with E-state index < -0.39 is 0 Å². The number of methoxy groups -OCH3 is 2. The Morgan fingerprint density at radius 3 is 2.44 bits per heavy atom. The van der Waals surface area contributed by atoms with E-state index in [-0.39, 0.29) is 6.03 Å². The maximum absolute atomic E-state index is 13.0. The molecular formula is C19H29N3O3. The standard InChI is InChI=1S/C19H29N3O3/c1-20-8-5-14(6-9-20)13-21(2)19(23)22-10-7-15-11-17(24-3)18(25-4)12-16(15)22/h11-12,14H,5-10,13H2,1-4H3. The van der Waals surface area contributed by atoms with E-state index in [0.29, 0.717) is 18.2 Å². The molecule has 1 aromatic rings. The molecule has 3 rings (SSSR count). The largest absolute Gasteiger partial charge is 0.493 e. The number of benzene rings is 1. The smallest absolute Gasteiger partial charge is 0.324 e. The van der Waals surface area contributed by atoms with Crippen LogP contribution in [0.4, 0.5) is 10.5 Å². The molecule has 1 fully saturated rings. The van der Waals surface area contributed by atoms with Crippen molar-refractivity contribution in [1.29, 1.82) is 0 Å². The number of piperidine rings is 1. The third kappa shape index (κ3) is 3.68. The molecule has 2 heterocycles. The molecular weight excluding hydrogens is 318 g/mol. The Kier molecular flexibility index (Phi) is 5.37. The summed E-state index contributed by atoms with van der Waals surface area (Å²) in [5, 5.41) is 0. The number of likely N-dealkylation sites (tertiary alicyclic amines) is 1. The maximum Gasteiger partial charge on any atom is 0.324 e. The minimum absolute atomic E-state index is 0.0740. The van der Waals surface area contributed by atoms with Gasteiger partial charge in [0.15, 0.2) is 11.5 Å². The fourth-order valence-corrected chi connectivity index (χ4v) is 3.83. The predicted molar refractivity (Wildman–Crippen MR) is 98.8 cm³/mol. The summed E-state index contributed by atoms with van der Waals surface area (Å²) in [6, 6.07) is 3.98. The number of nitrogens with zero attached hydrogens (tertiary/aromatic N) is 3. The summed E-state index contributed by atoms with van der Waals surface area (Å²) in [4.78, 5) is 19.1. The Labute approximate surface area is 150 Å². The van der Waals surface area contributed by atoms with Gasteiger partial charge in [-0.25, -0.2) is 4.79 Å². The topological polar surface area (TPSA) is 45.3 Å². The van der Waals surface area contributed by atoms with Gasteiger partial charge in [0.1, 0.15) is 0 Å². The molecule has 6 heteroatoms. The van der Waals surface area contributed by atoms with Crippen molar-refractivity contribution in [1.82, 2.24) is 9.80 Å². The van der Waals surface area contributed by atoms with E-state index in [2.05, 4.69) is 11.9 Å². The van der Waals surface area contributed by atoms with Crippen molar-refractivity contribution < 1.29 is 14.3 Å². The molecule has 0 bridgehead atoms. The van der Waals surface area contributed by atoms with Crippen LogP contribution in [0.1, 0.15) is 18.4 Å². The molecule has 1 aromatic carbocycles. The number of amides is 2. The molecule has 2 amide bonds. The Bertz CT molecular complexity index is 627. The molecule has 0 aliphatic carbocycles. The zero-order valence-corrected chi connectivity index (χ0v) is 15.7. The maximum atomic E-state index is 13.0. The molecule has 6 nitrogen and oxygen atoms in total. The Morgan fingerprint density at radius 2 is 1.80 bits per heavy atom. The number of anilines is 1. The van der Waals surface area contributed by atoms with Gasteiger partial charge in [-0.15, -0.1) is 0 Å². The lowest BCUT2D eigenvalue weighted by molar-refractivity contribution is 0.174. The zero-order valence-electron chi connectivity index (χ0n) is 15.7. The van der Waals surface area contributed by atoms with E-state index in [1.165, 1.54) is 0 Å². The van der Waals surface area contributed by atoms with Crippen LogP contribution >= 0.6 is 0 Å². The normalized spacial score (nSPS) is 18.2. The SMILES string of the molecule is COc1cc2c(cc1OC)N(C(=O)N(C)CC1CCN(C)CC1)CC2. The van der Waals surface area contributed by atoms with E-state index in [1.54, 1.807) is 14.2 Å². The quantitative estimate of drug-likeness (QED) is 0.839. The molecule has 0 aromatic heterocycles. The van der Waals surface area contributed by atoms with E-state index in [1.807, 2.05) is 29.0 Å². The number of rotatable bonds is 4. The fourth-order valence-electron chi connectivity index (χ4n) is 3.83. The number of fused-ring (bicyclic) bond motifs is 1. The Morgan fingerprint density at radius 1 is 1.16 bits per heavy atom. The number of hydrogen-bond acceptors (Lipinski definition) is 4. The van der Waals surface area contributed by atoms with Crippen molar-refractivity contribution >= 4 is 11.7 Å². The molecule has 25 heavy (non-hydrogen) atoms. The van der Waals surface area contributed by atoms with Crippen molar-refractivity contribution in [2.75, 3.05) is 59.4 Å². The highest BCUT2D eigenvalue weighted by atomic mass is 16.5. The minimum Gasteiger partial charge on any atom is -0.493 e. The molecule has 0 N–H and O–H groups in total. The molecule has 0 radical (unpaired) electrons. The molecule has 0 atom stereocenters. The minimum atomic E-state index is 0.0740. The van der Waals surface area contributed by atoms with Crippen LogP contribution in [-0.4, -0.2) is 70.3 Å². The van der Waals surface area contributed by atoms with E-state index in [9.17, 15) is 4.79 Å². The van der Waals surface area contributed by atoms with Crippen LogP contribution in [0, 0.1) is 5.92 Å². The first-order valence-electron chi connectivity index (χ1n) is 8.99. The second-order valence-corrected chi connectivity index (χ2v) is 7.15. The summed E-state index contributed by atoms with van der Waals surface area (Å²) in [5.41, 5.74) is 2.08. The molecule has 0 saturated carbocycles. The highest BCUT2D eigenvalue weighted by Crippen LogP contribution is 2.39. The van der Waals surface area contributed by atoms with Crippen LogP contribution in [0.5, 0.6) is 11.5 Å². The molecule has 0 spiro atoms. The van der Waals surface area contributed by atoms with Crippen molar-refractivity contribution in [3.05, 3.63) is 17.7 Å². The van der Waals surface area contributed by atoms with Gasteiger partial charge in [-0.2, -0.15) is 0 Å². The lowest BCUT2D eigenvalue weighted by atomic mass is 9.97. The highest BCUT2D eigenvalue weighted by molar-refractivity contribution is 5.94. The first kappa shape index (κ1) is 17.9. The Balaban J connectivity index is 1.70. The fraction of sp³-hybridized carbons (Fsp3) is 0.632. The van der Waals surface area contributed by atoms with Crippen molar-refractivity contribution in [2.24, 2.45) is 5.92 Å². The van der Waals surface area contributed by atoms with E-state index in [0.717, 1.165) is 55.9 Å². The van der Waals surface area contributed by atoms with Crippen LogP contribution in [0.25, 0.3) is 0 Å².